The molecule has 0 aromatic heterocycles. The zero-order valence-corrected chi connectivity index (χ0v) is 11.2. The Kier molecular flexibility index (Phi) is 3.74. The normalized spacial score (nSPS) is 17.8. The smallest absolute Gasteiger partial charge is 0.261 e. The van der Waals surface area contributed by atoms with Crippen molar-refractivity contribution in [1.29, 1.82) is 0 Å². The van der Waals surface area contributed by atoms with Crippen LogP contribution in [-0.4, -0.2) is 41.9 Å². The molecule has 1 fully saturated rings. The van der Waals surface area contributed by atoms with Crippen molar-refractivity contribution >= 4 is 11.8 Å². The van der Waals surface area contributed by atoms with Gasteiger partial charge in [0, 0.05) is 13.1 Å². The lowest BCUT2D eigenvalue weighted by Gasteiger charge is -2.41. The summed E-state index contributed by atoms with van der Waals surface area (Å²) in [7, 11) is 0. The van der Waals surface area contributed by atoms with Gasteiger partial charge < -0.3 is 15.0 Å². The molecule has 2 rings (SSSR count). The number of rotatable bonds is 3. The van der Waals surface area contributed by atoms with Gasteiger partial charge in [-0.15, -0.1) is 0 Å². The van der Waals surface area contributed by atoms with Crippen molar-refractivity contribution < 1.29 is 14.3 Å². The minimum Gasteiger partial charge on any atom is -0.484 e. The molecule has 1 saturated heterocycles. The van der Waals surface area contributed by atoms with E-state index in [0.717, 1.165) is 0 Å². The van der Waals surface area contributed by atoms with Gasteiger partial charge in [-0.3, -0.25) is 9.59 Å². The molecular formula is C14H18N2O3. The number of nitrogens with zero attached hydrogens (tertiary/aromatic N) is 1. The minimum atomic E-state index is -0.824. The van der Waals surface area contributed by atoms with Crippen molar-refractivity contribution in [3.63, 3.8) is 0 Å². The molecule has 0 atom stereocenters. The first-order chi connectivity index (χ1) is 9.01. The van der Waals surface area contributed by atoms with E-state index in [1.54, 1.807) is 30.9 Å². The Balaban J connectivity index is 1.98. The van der Waals surface area contributed by atoms with E-state index in [1.807, 2.05) is 18.2 Å². The Morgan fingerprint density at radius 3 is 2.74 bits per heavy atom. The predicted molar refractivity (Wildman–Crippen MR) is 70.7 cm³/mol. The van der Waals surface area contributed by atoms with Crippen LogP contribution in [-0.2, 0) is 9.59 Å². The first kappa shape index (κ1) is 13.4. The van der Waals surface area contributed by atoms with Crippen LogP contribution in [0.1, 0.15) is 13.8 Å². The van der Waals surface area contributed by atoms with Gasteiger partial charge in [0.15, 0.2) is 6.61 Å². The van der Waals surface area contributed by atoms with Crippen LogP contribution in [0.25, 0.3) is 0 Å². The van der Waals surface area contributed by atoms with Crippen molar-refractivity contribution in [1.82, 2.24) is 10.2 Å². The number of amides is 2. The molecule has 1 aliphatic heterocycles. The summed E-state index contributed by atoms with van der Waals surface area (Å²) >= 11 is 0. The van der Waals surface area contributed by atoms with Crippen molar-refractivity contribution in [2.75, 3.05) is 19.7 Å². The average Bonchev–Trinajstić information content (AvgIpc) is 2.40. The number of piperazine rings is 1. The molecule has 1 aliphatic rings. The van der Waals surface area contributed by atoms with Gasteiger partial charge in [-0.1, -0.05) is 18.2 Å². The van der Waals surface area contributed by atoms with E-state index >= 15 is 0 Å². The van der Waals surface area contributed by atoms with Crippen LogP contribution >= 0.6 is 0 Å². The zero-order chi connectivity index (χ0) is 13.9. The summed E-state index contributed by atoms with van der Waals surface area (Å²) < 4.78 is 5.43. The molecule has 0 bridgehead atoms. The van der Waals surface area contributed by atoms with E-state index in [-0.39, 0.29) is 18.4 Å². The highest BCUT2D eigenvalue weighted by atomic mass is 16.5. The molecule has 1 N–H and O–H groups in total. The van der Waals surface area contributed by atoms with Crippen LogP contribution in [0.5, 0.6) is 5.75 Å². The minimum absolute atomic E-state index is 0.0548. The second kappa shape index (κ2) is 5.30. The molecule has 1 heterocycles. The van der Waals surface area contributed by atoms with Gasteiger partial charge in [-0.25, -0.2) is 0 Å². The topological polar surface area (TPSA) is 58.6 Å². The predicted octanol–water partition coefficient (Wildman–Crippen LogP) is 0.802. The first-order valence-electron chi connectivity index (χ1n) is 6.28. The van der Waals surface area contributed by atoms with Crippen LogP contribution in [0.2, 0.25) is 0 Å². The van der Waals surface area contributed by atoms with Gasteiger partial charge in [-0.2, -0.15) is 0 Å². The SMILES string of the molecule is CC1(C)C(=O)NCCN1C(=O)COc1ccccc1. The highest BCUT2D eigenvalue weighted by Crippen LogP contribution is 2.18. The molecule has 102 valence electrons. The quantitative estimate of drug-likeness (QED) is 0.876. The zero-order valence-electron chi connectivity index (χ0n) is 11.2. The fourth-order valence-electron chi connectivity index (χ4n) is 2.08. The number of carbonyl (C=O) groups excluding carboxylic acids is 2. The Morgan fingerprint density at radius 2 is 2.05 bits per heavy atom. The van der Waals surface area contributed by atoms with Crippen molar-refractivity contribution in [2.45, 2.75) is 19.4 Å². The Labute approximate surface area is 112 Å². The molecule has 19 heavy (non-hydrogen) atoms. The molecule has 5 nitrogen and oxygen atoms in total. The van der Waals surface area contributed by atoms with Crippen LogP contribution < -0.4 is 10.1 Å². The van der Waals surface area contributed by atoms with Crippen molar-refractivity contribution in [3.05, 3.63) is 30.3 Å². The maximum absolute atomic E-state index is 12.2. The lowest BCUT2D eigenvalue weighted by atomic mass is 9.99. The number of para-hydroxylation sites is 1. The van der Waals surface area contributed by atoms with Gasteiger partial charge in [-0.05, 0) is 26.0 Å². The molecule has 0 aliphatic carbocycles. The maximum atomic E-state index is 12.2. The fourth-order valence-corrected chi connectivity index (χ4v) is 2.08. The Bertz CT molecular complexity index is 471. The number of ether oxygens (including phenoxy) is 1. The standard InChI is InChI=1S/C14H18N2O3/c1-14(2)13(18)15-8-9-16(14)12(17)10-19-11-6-4-3-5-7-11/h3-7H,8-10H2,1-2H3,(H,15,18). The third-order valence-corrected chi connectivity index (χ3v) is 3.26. The highest BCUT2D eigenvalue weighted by molar-refractivity contribution is 5.92. The Morgan fingerprint density at radius 1 is 1.37 bits per heavy atom. The maximum Gasteiger partial charge on any atom is 0.261 e. The molecule has 0 unspecified atom stereocenters. The summed E-state index contributed by atoms with van der Waals surface area (Å²) in [5, 5.41) is 2.76. The van der Waals surface area contributed by atoms with E-state index in [2.05, 4.69) is 5.32 Å². The van der Waals surface area contributed by atoms with E-state index in [9.17, 15) is 9.59 Å². The van der Waals surface area contributed by atoms with Gasteiger partial charge in [0.05, 0.1) is 0 Å². The van der Waals surface area contributed by atoms with Gasteiger partial charge in [0.25, 0.3) is 5.91 Å². The second-order valence-electron chi connectivity index (χ2n) is 4.96. The molecular weight excluding hydrogens is 244 g/mol. The summed E-state index contributed by atoms with van der Waals surface area (Å²) in [6, 6.07) is 9.16. The molecule has 5 heteroatoms. The van der Waals surface area contributed by atoms with Gasteiger partial charge in [0.2, 0.25) is 5.91 Å². The summed E-state index contributed by atoms with van der Waals surface area (Å²) in [5.74, 6) is 0.339. The van der Waals surface area contributed by atoms with E-state index in [0.29, 0.717) is 18.8 Å². The van der Waals surface area contributed by atoms with E-state index in [4.69, 9.17) is 4.74 Å². The molecule has 0 radical (unpaired) electrons. The molecule has 1 aromatic rings. The number of benzene rings is 1. The highest BCUT2D eigenvalue weighted by Gasteiger charge is 2.40. The largest absolute Gasteiger partial charge is 0.484 e. The van der Waals surface area contributed by atoms with Gasteiger partial charge in [0.1, 0.15) is 11.3 Å². The van der Waals surface area contributed by atoms with Crippen molar-refractivity contribution in [3.8, 4) is 5.75 Å². The number of carbonyl (C=O) groups is 2. The summed E-state index contributed by atoms with van der Waals surface area (Å²) in [6.07, 6.45) is 0. The van der Waals surface area contributed by atoms with Gasteiger partial charge >= 0.3 is 0 Å². The number of hydrogen-bond acceptors (Lipinski definition) is 3. The van der Waals surface area contributed by atoms with Crippen LogP contribution in [0.4, 0.5) is 0 Å². The number of nitrogens with one attached hydrogen (secondary N) is 1. The van der Waals surface area contributed by atoms with Crippen LogP contribution in [0.15, 0.2) is 30.3 Å². The molecule has 1 aromatic carbocycles. The monoisotopic (exact) mass is 262 g/mol. The third-order valence-electron chi connectivity index (χ3n) is 3.26. The second-order valence-corrected chi connectivity index (χ2v) is 4.96. The Hall–Kier alpha value is -2.04. The third kappa shape index (κ3) is 2.86. The lowest BCUT2D eigenvalue weighted by Crippen LogP contribution is -2.64. The molecule has 0 saturated carbocycles. The van der Waals surface area contributed by atoms with E-state index in [1.165, 1.54) is 0 Å². The van der Waals surface area contributed by atoms with Crippen LogP contribution in [0, 0.1) is 0 Å². The van der Waals surface area contributed by atoms with Crippen molar-refractivity contribution in [2.24, 2.45) is 0 Å². The number of hydrogen-bond donors (Lipinski definition) is 1. The average molecular weight is 262 g/mol. The summed E-state index contributed by atoms with van der Waals surface area (Å²) in [6.45, 7) is 4.42. The summed E-state index contributed by atoms with van der Waals surface area (Å²) in [4.78, 5) is 25.5. The van der Waals surface area contributed by atoms with Crippen LogP contribution in [0.3, 0.4) is 0 Å². The fraction of sp³-hybridized carbons (Fsp3) is 0.429. The summed E-state index contributed by atoms with van der Waals surface area (Å²) in [5.41, 5.74) is -0.824. The molecule has 0 spiro atoms. The van der Waals surface area contributed by atoms with E-state index < -0.39 is 5.54 Å². The molecule has 2 amide bonds. The first-order valence-corrected chi connectivity index (χ1v) is 6.28. The lowest BCUT2D eigenvalue weighted by molar-refractivity contribution is -0.150.